The van der Waals surface area contributed by atoms with Crippen molar-refractivity contribution in [3.63, 3.8) is 0 Å². The number of benzene rings is 1. The van der Waals surface area contributed by atoms with E-state index < -0.39 is 40.9 Å². The second-order valence-electron chi connectivity index (χ2n) is 3.39. The minimum absolute atomic E-state index is 0.232. The molecule has 17 heavy (non-hydrogen) atoms. The van der Waals surface area contributed by atoms with Gasteiger partial charge in [-0.1, -0.05) is 0 Å². The highest BCUT2D eigenvalue weighted by Crippen LogP contribution is 2.29. The number of hydrogen-bond acceptors (Lipinski definition) is 6. The second-order valence-corrected chi connectivity index (χ2v) is 3.39. The molecule has 1 aromatic rings. The van der Waals surface area contributed by atoms with Gasteiger partial charge in [-0.3, -0.25) is 10.1 Å². The molecule has 0 amide bonds. The van der Waals surface area contributed by atoms with Crippen molar-refractivity contribution in [3.8, 4) is 0 Å². The number of halogens is 1. The molecule has 5 N–H and O–H groups in total. The van der Waals surface area contributed by atoms with E-state index in [9.17, 15) is 19.6 Å². The molecule has 0 spiro atoms. The van der Waals surface area contributed by atoms with Crippen LogP contribution in [0.1, 0.15) is 11.7 Å². The highest BCUT2D eigenvalue weighted by molar-refractivity contribution is 5.60. The van der Waals surface area contributed by atoms with Crippen molar-refractivity contribution in [1.29, 1.82) is 0 Å². The molecule has 2 atom stereocenters. The largest absolute Gasteiger partial charge is 0.394 e. The summed E-state index contributed by atoms with van der Waals surface area (Å²) in [5.74, 6) is -1.07. The van der Waals surface area contributed by atoms with Gasteiger partial charge in [-0.05, 0) is 11.6 Å². The third kappa shape index (κ3) is 2.67. The van der Waals surface area contributed by atoms with Crippen molar-refractivity contribution in [3.05, 3.63) is 33.6 Å². The van der Waals surface area contributed by atoms with Crippen molar-refractivity contribution < 1.29 is 24.6 Å². The van der Waals surface area contributed by atoms with Crippen LogP contribution >= 0.6 is 0 Å². The van der Waals surface area contributed by atoms with Crippen LogP contribution in [-0.2, 0) is 0 Å². The smallest absolute Gasteiger partial charge is 0.295 e. The average molecular weight is 246 g/mol. The molecule has 0 heterocycles. The number of rotatable bonds is 4. The van der Waals surface area contributed by atoms with Crippen LogP contribution in [0.25, 0.3) is 0 Å². The van der Waals surface area contributed by atoms with Crippen molar-refractivity contribution in [2.45, 2.75) is 12.2 Å². The Bertz CT molecular complexity index is 440. The Morgan fingerprint density at radius 2 is 2.06 bits per heavy atom. The van der Waals surface area contributed by atoms with E-state index in [2.05, 4.69) is 0 Å². The summed E-state index contributed by atoms with van der Waals surface area (Å²) in [6, 6.07) is 1.62. The van der Waals surface area contributed by atoms with Gasteiger partial charge in [0, 0.05) is 6.07 Å². The van der Waals surface area contributed by atoms with Gasteiger partial charge in [0.2, 0.25) is 0 Å². The maximum absolute atomic E-state index is 13.2. The molecule has 94 valence electrons. The Morgan fingerprint density at radius 1 is 1.47 bits per heavy atom. The van der Waals surface area contributed by atoms with Crippen LogP contribution in [0.15, 0.2) is 12.1 Å². The Morgan fingerprint density at radius 3 is 2.53 bits per heavy atom. The molecule has 0 aliphatic heterocycles. The fourth-order valence-electron chi connectivity index (χ4n) is 1.27. The maximum Gasteiger partial charge on any atom is 0.295 e. The van der Waals surface area contributed by atoms with Crippen LogP contribution in [0.5, 0.6) is 0 Å². The van der Waals surface area contributed by atoms with E-state index >= 15 is 0 Å². The predicted octanol–water partition coefficient (Wildman–Crippen LogP) is -0.297. The molecular weight excluding hydrogens is 235 g/mol. The third-order valence-electron chi connectivity index (χ3n) is 2.22. The number of anilines is 1. The Balaban J connectivity index is 3.23. The fraction of sp³-hybridized carbons (Fsp3) is 0.333. The maximum atomic E-state index is 13.2. The molecule has 8 heteroatoms. The molecule has 0 fully saturated rings. The van der Waals surface area contributed by atoms with Crippen LogP contribution in [0, 0.1) is 15.9 Å². The van der Waals surface area contributed by atoms with Gasteiger partial charge in [-0.25, -0.2) is 4.39 Å². The number of nitro groups is 1. The Hall–Kier alpha value is -1.77. The molecule has 0 aliphatic rings. The van der Waals surface area contributed by atoms with E-state index in [-0.39, 0.29) is 5.56 Å². The summed E-state index contributed by atoms with van der Waals surface area (Å²) < 4.78 is 13.2. The number of aliphatic hydroxyl groups is 3. The Labute approximate surface area is 95.1 Å². The van der Waals surface area contributed by atoms with Crippen LogP contribution in [0.4, 0.5) is 15.8 Å². The fourth-order valence-corrected chi connectivity index (χ4v) is 1.27. The van der Waals surface area contributed by atoms with Crippen molar-refractivity contribution in [2.75, 3.05) is 12.3 Å². The normalized spacial score (nSPS) is 14.4. The van der Waals surface area contributed by atoms with Gasteiger partial charge in [-0.2, -0.15) is 0 Å². The quantitative estimate of drug-likeness (QED) is 0.328. The Kier molecular flexibility index (Phi) is 3.94. The molecular formula is C9H11FN2O5. The number of nitrogen functional groups attached to an aromatic ring is 1. The minimum Gasteiger partial charge on any atom is -0.394 e. The highest BCUT2D eigenvalue weighted by Gasteiger charge is 2.24. The SMILES string of the molecule is Nc1c(F)cc(C(O)C(O)CO)cc1[N+](=O)[O-]. The molecule has 2 unspecified atom stereocenters. The molecule has 0 saturated heterocycles. The lowest BCUT2D eigenvalue weighted by Gasteiger charge is -2.16. The number of hydrogen-bond donors (Lipinski definition) is 4. The van der Waals surface area contributed by atoms with E-state index in [1.807, 2.05) is 0 Å². The van der Waals surface area contributed by atoms with E-state index in [0.717, 1.165) is 12.1 Å². The first-order chi connectivity index (χ1) is 7.88. The molecule has 0 radical (unpaired) electrons. The zero-order chi connectivity index (χ0) is 13.2. The van der Waals surface area contributed by atoms with E-state index in [4.69, 9.17) is 15.9 Å². The lowest BCUT2D eigenvalue weighted by molar-refractivity contribution is -0.384. The minimum atomic E-state index is -1.63. The summed E-state index contributed by atoms with van der Waals surface area (Å²) in [5.41, 5.74) is 3.57. The van der Waals surface area contributed by atoms with Crippen molar-refractivity contribution in [1.82, 2.24) is 0 Å². The lowest BCUT2D eigenvalue weighted by Crippen LogP contribution is -2.22. The highest BCUT2D eigenvalue weighted by atomic mass is 19.1. The third-order valence-corrected chi connectivity index (χ3v) is 2.22. The monoisotopic (exact) mass is 246 g/mol. The molecule has 7 nitrogen and oxygen atoms in total. The summed E-state index contributed by atoms with van der Waals surface area (Å²) in [6.07, 6.45) is -3.19. The van der Waals surface area contributed by atoms with Crippen molar-refractivity contribution >= 4 is 11.4 Å². The van der Waals surface area contributed by atoms with Crippen LogP contribution in [0.2, 0.25) is 0 Å². The van der Waals surface area contributed by atoms with Crippen LogP contribution in [-0.4, -0.2) is 33.0 Å². The summed E-state index contributed by atoms with van der Waals surface area (Å²) in [7, 11) is 0. The molecule has 0 aliphatic carbocycles. The molecule has 1 rings (SSSR count). The van der Waals surface area contributed by atoms with E-state index in [0.29, 0.717) is 0 Å². The van der Waals surface area contributed by atoms with Crippen LogP contribution in [0.3, 0.4) is 0 Å². The van der Waals surface area contributed by atoms with Crippen molar-refractivity contribution in [2.24, 2.45) is 0 Å². The summed E-state index contributed by atoms with van der Waals surface area (Å²) in [4.78, 5) is 9.65. The van der Waals surface area contributed by atoms with Gasteiger partial charge < -0.3 is 21.1 Å². The predicted molar refractivity (Wildman–Crippen MR) is 55.5 cm³/mol. The average Bonchev–Trinajstić information content (AvgIpc) is 2.30. The van der Waals surface area contributed by atoms with Gasteiger partial charge in [0.25, 0.3) is 5.69 Å². The molecule has 1 aromatic carbocycles. The van der Waals surface area contributed by atoms with Gasteiger partial charge in [0.05, 0.1) is 11.5 Å². The molecule has 0 aromatic heterocycles. The number of aliphatic hydroxyl groups excluding tert-OH is 3. The lowest BCUT2D eigenvalue weighted by atomic mass is 10.0. The van der Waals surface area contributed by atoms with E-state index in [1.54, 1.807) is 0 Å². The zero-order valence-electron chi connectivity index (χ0n) is 8.58. The summed E-state index contributed by atoms with van der Waals surface area (Å²) in [5, 5.41) is 37.8. The topological polar surface area (TPSA) is 130 Å². The summed E-state index contributed by atoms with van der Waals surface area (Å²) in [6.45, 7) is -0.763. The molecule has 0 bridgehead atoms. The first kappa shape index (κ1) is 13.3. The van der Waals surface area contributed by atoms with E-state index in [1.165, 1.54) is 0 Å². The number of nitrogens with two attached hydrogens (primary N) is 1. The summed E-state index contributed by atoms with van der Waals surface area (Å²) >= 11 is 0. The second kappa shape index (κ2) is 5.04. The van der Waals surface area contributed by atoms with Gasteiger partial charge in [0.15, 0.2) is 5.82 Å². The van der Waals surface area contributed by atoms with Gasteiger partial charge >= 0.3 is 0 Å². The molecule has 0 saturated carbocycles. The standard InChI is InChI=1S/C9H11FN2O5/c10-5-1-4(9(15)7(14)3-13)2-6(8(5)11)12(16)17/h1-2,7,9,13-15H,3,11H2. The number of nitro benzene ring substituents is 1. The first-order valence-corrected chi connectivity index (χ1v) is 4.58. The first-order valence-electron chi connectivity index (χ1n) is 4.58. The van der Waals surface area contributed by atoms with Crippen LogP contribution < -0.4 is 5.73 Å². The zero-order valence-corrected chi connectivity index (χ0v) is 8.58. The van der Waals surface area contributed by atoms with Gasteiger partial charge in [-0.15, -0.1) is 0 Å². The number of nitrogens with zero attached hydrogens (tertiary/aromatic N) is 1. The van der Waals surface area contributed by atoms with Gasteiger partial charge in [0.1, 0.15) is 17.9 Å².